The van der Waals surface area contributed by atoms with Crippen LogP contribution in [0.25, 0.3) is 0 Å². The number of pyridine rings is 1. The molecule has 1 heterocycles. The lowest BCUT2D eigenvalue weighted by Gasteiger charge is -2.11. The Hall–Kier alpha value is -1.16. The van der Waals surface area contributed by atoms with Crippen LogP contribution in [0, 0.1) is 11.7 Å². The van der Waals surface area contributed by atoms with Gasteiger partial charge < -0.3 is 11.1 Å². The summed E-state index contributed by atoms with van der Waals surface area (Å²) in [5, 5.41) is 3.13. The summed E-state index contributed by atoms with van der Waals surface area (Å²) in [4.78, 5) is 3.95. The van der Waals surface area contributed by atoms with Crippen molar-refractivity contribution in [2.75, 3.05) is 11.9 Å². The summed E-state index contributed by atoms with van der Waals surface area (Å²) in [5.41, 5.74) is 6.19. The van der Waals surface area contributed by atoms with Crippen molar-refractivity contribution in [1.29, 1.82) is 0 Å². The molecule has 78 valence electrons. The van der Waals surface area contributed by atoms with Gasteiger partial charge >= 0.3 is 0 Å². The molecule has 0 radical (unpaired) electrons. The number of anilines is 1. The van der Waals surface area contributed by atoms with E-state index in [1.54, 1.807) is 0 Å². The van der Waals surface area contributed by atoms with Crippen molar-refractivity contribution in [3.8, 4) is 0 Å². The molecule has 0 atom stereocenters. The van der Waals surface area contributed by atoms with E-state index in [0.717, 1.165) is 6.54 Å². The third-order valence-electron chi connectivity index (χ3n) is 1.83. The highest BCUT2D eigenvalue weighted by Gasteiger charge is 2.04. The Morgan fingerprint density at radius 2 is 2.29 bits per heavy atom. The molecule has 1 aromatic heterocycles. The first-order chi connectivity index (χ1) is 6.63. The van der Waals surface area contributed by atoms with E-state index in [1.807, 2.05) is 0 Å². The Morgan fingerprint density at radius 1 is 1.57 bits per heavy atom. The molecular weight excluding hydrogens is 181 g/mol. The number of hydrogen-bond acceptors (Lipinski definition) is 3. The van der Waals surface area contributed by atoms with Crippen LogP contribution in [0.2, 0.25) is 0 Å². The highest BCUT2D eigenvalue weighted by atomic mass is 19.1. The van der Waals surface area contributed by atoms with Crippen LogP contribution in [0.5, 0.6) is 0 Å². The molecule has 0 aliphatic heterocycles. The Kier molecular flexibility index (Phi) is 3.83. The number of nitrogens with two attached hydrogens (primary N) is 1. The van der Waals surface area contributed by atoms with Crippen molar-refractivity contribution < 1.29 is 4.39 Å². The van der Waals surface area contributed by atoms with Gasteiger partial charge in [-0.2, -0.15) is 0 Å². The van der Waals surface area contributed by atoms with E-state index in [2.05, 4.69) is 24.1 Å². The maximum absolute atomic E-state index is 12.8. The Bertz CT molecular complexity index is 299. The first kappa shape index (κ1) is 10.9. The fourth-order valence-corrected chi connectivity index (χ4v) is 1.10. The fraction of sp³-hybridized carbons (Fsp3) is 0.500. The second-order valence-corrected chi connectivity index (χ2v) is 3.64. The van der Waals surface area contributed by atoms with E-state index >= 15 is 0 Å². The van der Waals surface area contributed by atoms with Crippen LogP contribution in [-0.2, 0) is 6.54 Å². The summed E-state index contributed by atoms with van der Waals surface area (Å²) in [5.74, 6) is 0.857. The van der Waals surface area contributed by atoms with Crippen molar-refractivity contribution in [2.45, 2.75) is 20.4 Å². The number of rotatable bonds is 4. The maximum Gasteiger partial charge on any atom is 0.141 e. The lowest BCUT2D eigenvalue weighted by molar-refractivity contribution is 0.618. The minimum Gasteiger partial charge on any atom is -0.370 e. The van der Waals surface area contributed by atoms with Crippen molar-refractivity contribution in [3.05, 3.63) is 23.6 Å². The summed E-state index contributed by atoms with van der Waals surface area (Å²) in [7, 11) is 0. The van der Waals surface area contributed by atoms with Gasteiger partial charge in [-0.25, -0.2) is 9.37 Å². The molecule has 0 bridgehead atoms. The average Bonchev–Trinajstić information content (AvgIpc) is 2.15. The molecule has 0 saturated heterocycles. The summed E-state index contributed by atoms with van der Waals surface area (Å²) in [6, 6.07) is 1.41. The van der Waals surface area contributed by atoms with Gasteiger partial charge in [0.05, 0.1) is 6.20 Å². The molecule has 0 saturated carbocycles. The second-order valence-electron chi connectivity index (χ2n) is 3.64. The van der Waals surface area contributed by atoms with Crippen LogP contribution in [0.3, 0.4) is 0 Å². The van der Waals surface area contributed by atoms with Gasteiger partial charge in [0.25, 0.3) is 0 Å². The van der Waals surface area contributed by atoms with Gasteiger partial charge in [0.2, 0.25) is 0 Å². The van der Waals surface area contributed by atoms with Crippen LogP contribution < -0.4 is 11.1 Å². The number of halogens is 1. The lowest BCUT2D eigenvalue weighted by atomic mass is 10.2. The van der Waals surface area contributed by atoms with E-state index in [0.29, 0.717) is 23.8 Å². The van der Waals surface area contributed by atoms with Crippen molar-refractivity contribution in [3.63, 3.8) is 0 Å². The van der Waals surface area contributed by atoms with Crippen LogP contribution in [0.4, 0.5) is 10.2 Å². The standard InChI is InChI=1S/C10H16FN3/c1-7(2)5-13-10-8(4-12)3-9(11)6-14-10/h3,6-7H,4-5,12H2,1-2H3,(H,13,14). The van der Waals surface area contributed by atoms with E-state index in [4.69, 9.17) is 5.73 Å². The third kappa shape index (κ3) is 2.96. The Balaban J connectivity index is 2.75. The molecule has 0 amide bonds. The molecule has 0 spiro atoms. The molecule has 1 rings (SSSR count). The zero-order valence-corrected chi connectivity index (χ0v) is 8.55. The fourth-order valence-electron chi connectivity index (χ4n) is 1.10. The molecule has 0 aliphatic rings. The zero-order valence-electron chi connectivity index (χ0n) is 8.55. The molecule has 14 heavy (non-hydrogen) atoms. The van der Waals surface area contributed by atoms with Gasteiger partial charge in [0.1, 0.15) is 11.6 Å². The molecule has 3 nitrogen and oxygen atoms in total. The Morgan fingerprint density at radius 3 is 2.86 bits per heavy atom. The van der Waals surface area contributed by atoms with Gasteiger partial charge in [0.15, 0.2) is 0 Å². The van der Waals surface area contributed by atoms with Gasteiger partial charge in [-0.05, 0) is 12.0 Å². The predicted molar refractivity (Wildman–Crippen MR) is 55.4 cm³/mol. The van der Waals surface area contributed by atoms with Gasteiger partial charge in [-0.1, -0.05) is 13.8 Å². The minimum absolute atomic E-state index is 0.297. The molecule has 0 unspecified atom stereocenters. The maximum atomic E-state index is 12.8. The second kappa shape index (κ2) is 4.91. The normalized spacial score (nSPS) is 10.6. The number of aromatic nitrogens is 1. The van der Waals surface area contributed by atoms with Crippen LogP contribution in [-0.4, -0.2) is 11.5 Å². The van der Waals surface area contributed by atoms with Crippen LogP contribution in [0.1, 0.15) is 19.4 Å². The van der Waals surface area contributed by atoms with Crippen molar-refractivity contribution in [1.82, 2.24) is 4.98 Å². The van der Waals surface area contributed by atoms with Crippen LogP contribution in [0.15, 0.2) is 12.3 Å². The van der Waals surface area contributed by atoms with Gasteiger partial charge in [-0.15, -0.1) is 0 Å². The quantitative estimate of drug-likeness (QED) is 0.773. The predicted octanol–water partition coefficient (Wildman–Crippen LogP) is 1.75. The number of nitrogens with zero attached hydrogens (tertiary/aromatic N) is 1. The van der Waals surface area contributed by atoms with Crippen molar-refractivity contribution in [2.24, 2.45) is 11.7 Å². The average molecular weight is 197 g/mol. The van der Waals surface area contributed by atoms with Gasteiger partial charge in [0, 0.05) is 18.7 Å². The SMILES string of the molecule is CC(C)CNc1ncc(F)cc1CN. The number of hydrogen-bond donors (Lipinski definition) is 2. The van der Waals surface area contributed by atoms with Crippen molar-refractivity contribution >= 4 is 5.82 Å². The zero-order chi connectivity index (χ0) is 10.6. The smallest absolute Gasteiger partial charge is 0.141 e. The molecule has 3 N–H and O–H groups in total. The first-order valence-corrected chi connectivity index (χ1v) is 4.72. The van der Waals surface area contributed by atoms with E-state index in [1.165, 1.54) is 12.3 Å². The largest absolute Gasteiger partial charge is 0.370 e. The van der Waals surface area contributed by atoms with E-state index in [-0.39, 0.29) is 5.82 Å². The molecule has 0 aliphatic carbocycles. The van der Waals surface area contributed by atoms with E-state index < -0.39 is 0 Å². The molecule has 0 fully saturated rings. The lowest BCUT2D eigenvalue weighted by Crippen LogP contribution is -2.12. The monoisotopic (exact) mass is 197 g/mol. The first-order valence-electron chi connectivity index (χ1n) is 4.72. The Labute approximate surface area is 83.5 Å². The summed E-state index contributed by atoms with van der Waals surface area (Å²) >= 11 is 0. The molecule has 1 aromatic rings. The van der Waals surface area contributed by atoms with E-state index in [9.17, 15) is 4.39 Å². The summed E-state index contributed by atoms with van der Waals surface area (Å²) in [6.07, 6.45) is 1.20. The van der Waals surface area contributed by atoms with Gasteiger partial charge in [-0.3, -0.25) is 0 Å². The summed E-state index contributed by atoms with van der Waals surface area (Å²) < 4.78 is 12.8. The molecular formula is C10H16FN3. The number of nitrogens with one attached hydrogen (secondary N) is 1. The molecule has 4 heteroatoms. The highest BCUT2D eigenvalue weighted by Crippen LogP contribution is 2.13. The minimum atomic E-state index is -0.347. The van der Waals surface area contributed by atoms with Crippen LogP contribution >= 0.6 is 0 Å². The third-order valence-corrected chi connectivity index (χ3v) is 1.83. The highest BCUT2D eigenvalue weighted by molar-refractivity contribution is 5.43. The summed E-state index contributed by atoms with van der Waals surface area (Å²) in [6.45, 7) is 5.30. The topological polar surface area (TPSA) is 50.9 Å². The molecule has 0 aromatic carbocycles.